The first-order chi connectivity index (χ1) is 9.63. The van der Waals surface area contributed by atoms with Crippen LogP contribution in [0.2, 0.25) is 0 Å². The first-order valence-electron chi connectivity index (χ1n) is 7.49. The zero-order valence-corrected chi connectivity index (χ0v) is 12.4. The average molecular weight is 280 g/mol. The molecule has 0 aromatic rings. The first-order valence-corrected chi connectivity index (χ1v) is 7.49. The van der Waals surface area contributed by atoms with Crippen molar-refractivity contribution in [1.82, 2.24) is 9.80 Å². The molecule has 2 rings (SSSR count). The number of hydrogen-bond acceptors (Lipinski definition) is 4. The Kier molecular flexibility index (Phi) is 5.17. The van der Waals surface area contributed by atoms with Gasteiger partial charge in [-0.1, -0.05) is 6.08 Å². The van der Waals surface area contributed by atoms with Gasteiger partial charge in [0.05, 0.1) is 13.2 Å². The Bertz CT molecular complexity index is 406. The lowest BCUT2D eigenvalue weighted by Gasteiger charge is -2.25. The van der Waals surface area contributed by atoms with E-state index in [1.165, 1.54) is 0 Å². The van der Waals surface area contributed by atoms with Gasteiger partial charge in [0.25, 0.3) is 0 Å². The van der Waals surface area contributed by atoms with E-state index in [4.69, 9.17) is 4.74 Å². The van der Waals surface area contributed by atoms with Crippen molar-refractivity contribution in [2.45, 2.75) is 45.1 Å². The predicted octanol–water partition coefficient (Wildman–Crippen LogP) is 1.54. The van der Waals surface area contributed by atoms with Crippen LogP contribution in [0.15, 0.2) is 11.8 Å². The first kappa shape index (κ1) is 15.0. The highest BCUT2D eigenvalue weighted by Crippen LogP contribution is 2.22. The molecule has 1 heterocycles. The van der Waals surface area contributed by atoms with Crippen LogP contribution in [0, 0.1) is 0 Å². The molecular weight excluding hydrogens is 256 g/mol. The molecule has 1 amide bonds. The molecule has 112 valence electrons. The number of allylic oxidation sites excluding steroid dienone is 2. The van der Waals surface area contributed by atoms with Crippen LogP contribution in [-0.2, 0) is 14.3 Å². The van der Waals surface area contributed by atoms with Crippen LogP contribution >= 0.6 is 0 Å². The monoisotopic (exact) mass is 280 g/mol. The third-order valence-electron chi connectivity index (χ3n) is 4.08. The summed E-state index contributed by atoms with van der Waals surface area (Å²) in [4.78, 5) is 27.9. The van der Waals surface area contributed by atoms with Crippen molar-refractivity contribution in [3.8, 4) is 0 Å². The standard InChI is InChI=1S/C15H24N2O3/c1-3-20-15(19)13-9-6-10-17(13)11-14(18)16(2)12-7-4-5-8-12/h7,13H,3-6,8-11H2,1-2H3. The molecule has 1 atom stereocenters. The molecule has 0 aromatic carbocycles. The van der Waals surface area contributed by atoms with Crippen molar-refractivity contribution in [3.05, 3.63) is 11.8 Å². The fourth-order valence-corrected chi connectivity index (χ4v) is 2.92. The lowest BCUT2D eigenvalue weighted by molar-refractivity contribution is -0.149. The molecule has 1 aliphatic heterocycles. The predicted molar refractivity (Wildman–Crippen MR) is 75.9 cm³/mol. The van der Waals surface area contributed by atoms with Crippen LogP contribution in [-0.4, -0.2) is 54.5 Å². The molecule has 20 heavy (non-hydrogen) atoms. The van der Waals surface area contributed by atoms with E-state index in [9.17, 15) is 9.59 Å². The van der Waals surface area contributed by atoms with Gasteiger partial charge in [-0.15, -0.1) is 0 Å². The van der Waals surface area contributed by atoms with Crippen LogP contribution < -0.4 is 0 Å². The minimum absolute atomic E-state index is 0.0642. The molecule has 0 saturated carbocycles. The minimum Gasteiger partial charge on any atom is -0.465 e. The van der Waals surface area contributed by atoms with Crippen molar-refractivity contribution in [1.29, 1.82) is 0 Å². The summed E-state index contributed by atoms with van der Waals surface area (Å²) in [6.45, 7) is 3.30. The van der Waals surface area contributed by atoms with Gasteiger partial charge in [0.15, 0.2) is 0 Å². The quantitative estimate of drug-likeness (QED) is 0.717. The van der Waals surface area contributed by atoms with E-state index >= 15 is 0 Å². The van der Waals surface area contributed by atoms with Crippen LogP contribution in [0.5, 0.6) is 0 Å². The fraction of sp³-hybridized carbons (Fsp3) is 0.733. The molecule has 5 nitrogen and oxygen atoms in total. The molecule has 1 fully saturated rings. The molecule has 5 heteroatoms. The van der Waals surface area contributed by atoms with Crippen molar-refractivity contribution in [2.75, 3.05) is 26.7 Å². The second kappa shape index (κ2) is 6.88. The van der Waals surface area contributed by atoms with Gasteiger partial charge in [0.2, 0.25) is 5.91 Å². The second-order valence-corrected chi connectivity index (χ2v) is 5.42. The van der Waals surface area contributed by atoms with E-state index in [2.05, 4.69) is 6.08 Å². The number of carbonyl (C=O) groups is 2. The number of rotatable bonds is 5. The lowest BCUT2D eigenvalue weighted by Crippen LogP contribution is -2.43. The molecule has 1 saturated heterocycles. The summed E-state index contributed by atoms with van der Waals surface area (Å²) in [6.07, 6.45) is 7.03. The molecule has 0 aromatic heterocycles. The Hall–Kier alpha value is -1.36. The smallest absolute Gasteiger partial charge is 0.323 e. The summed E-state index contributed by atoms with van der Waals surface area (Å²) >= 11 is 0. The Morgan fingerprint density at radius 3 is 2.90 bits per heavy atom. The van der Waals surface area contributed by atoms with E-state index in [0.29, 0.717) is 13.2 Å². The normalized spacial score (nSPS) is 22.7. The summed E-state index contributed by atoms with van der Waals surface area (Å²) in [5.74, 6) is -0.130. The number of likely N-dealkylation sites (tertiary alicyclic amines) is 1. The van der Waals surface area contributed by atoms with Crippen LogP contribution in [0.4, 0.5) is 0 Å². The number of amides is 1. The summed E-state index contributed by atoms with van der Waals surface area (Å²) < 4.78 is 5.08. The van der Waals surface area contributed by atoms with Gasteiger partial charge in [0, 0.05) is 12.7 Å². The summed E-state index contributed by atoms with van der Waals surface area (Å²) in [7, 11) is 1.83. The van der Waals surface area contributed by atoms with Gasteiger partial charge in [-0.3, -0.25) is 14.5 Å². The number of hydrogen-bond donors (Lipinski definition) is 0. The van der Waals surface area contributed by atoms with Gasteiger partial charge in [-0.2, -0.15) is 0 Å². The number of ether oxygens (including phenoxy) is 1. The van der Waals surface area contributed by atoms with E-state index in [1.54, 1.807) is 4.90 Å². The Morgan fingerprint density at radius 2 is 2.25 bits per heavy atom. The maximum absolute atomic E-state index is 12.3. The lowest BCUT2D eigenvalue weighted by atomic mass is 10.2. The van der Waals surface area contributed by atoms with Crippen molar-refractivity contribution < 1.29 is 14.3 Å². The van der Waals surface area contributed by atoms with E-state index in [1.807, 2.05) is 18.9 Å². The van der Waals surface area contributed by atoms with Gasteiger partial charge in [0.1, 0.15) is 6.04 Å². The molecule has 0 bridgehead atoms. The molecule has 1 aliphatic carbocycles. The van der Waals surface area contributed by atoms with Crippen molar-refractivity contribution in [3.63, 3.8) is 0 Å². The van der Waals surface area contributed by atoms with E-state index < -0.39 is 0 Å². The van der Waals surface area contributed by atoms with Crippen molar-refractivity contribution in [2.24, 2.45) is 0 Å². The van der Waals surface area contributed by atoms with Gasteiger partial charge in [-0.05, 0) is 45.6 Å². The maximum atomic E-state index is 12.3. The zero-order valence-electron chi connectivity index (χ0n) is 12.4. The Labute approximate surface area is 120 Å². The summed E-state index contributed by atoms with van der Waals surface area (Å²) in [5.41, 5.74) is 1.11. The number of esters is 1. The SMILES string of the molecule is CCOC(=O)C1CCCN1CC(=O)N(C)C1=CCCC1. The Balaban J connectivity index is 1.91. The molecule has 0 radical (unpaired) electrons. The second-order valence-electron chi connectivity index (χ2n) is 5.42. The molecule has 0 spiro atoms. The van der Waals surface area contributed by atoms with E-state index in [-0.39, 0.29) is 17.9 Å². The van der Waals surface area contributed by atoms with Gasteiger partial charge >= 0.3 is 5.97 Å². The minimum atomic E-state index is -0.246. The molecule has 0 N–H and O–H groups in total. The molecular formula is C15H24N2O3. The average Bonchev–Trinajstić information content (AvgIpc) is 3.09. The van der Waals surface area contributed by atoms with Crippen LogP contribution in [0.1, 0.15) is 39.0 Å². The number of carbonyl (C=O) groups excluding carboxylic acids is 2. The van der Waals surface area contributed by atoms with Gasteiger partial charge < -0.3 is 9.64 Å². The van der Waals surface area contributed by atoms with Crippen LogP contribution in [0.3, 0.4) is 0 Å². The van der Waals surface area contributed by atoms with Crippen molar-refractivity contribution >= 4 is 11.9 Å². The third-order valence-corrected chi connectivity index (χ3v) is 4.08. The number of likely N-dealkylation sites (N-methyl/N-ethyl adjacent to an activating group) is 1. The molecule has 2 aliphatic rings. The number of nitrogens with zero attached hydrogens (tertiary/aromatic N) is 2. The topological polar surface area (TPSA) is 49.9 Å². The highest BCUT2D eigenvalue weighted by molar-refractivity contribution is 5.82. The Morgan fingerprint density at radius 1 is 1.45 bits per heavy atom. The highest BCUT2D eigenvalue weighted by atomic mass is 16.5. The molecule has 1 unspecified atom stereocenters. The third kappa shape index (κ3) is 3.39. The van der Waals surface area contributed by atoms with E-state index in [0.717, 1.165) is 44.3 Å². The van der Waals surface area contributed by atoms with Crippen LogP contribution in [0.25, 0.3) is 0 Å². The largest absolute Gasteiger partial charge is 0.465 e. The zero-order chi connectivity index (χ0) is 14.5. The van der Waals surface area contributed by atoms with Gasteiger partial charge in [-0.25, -0.2) is 0 Å². The highest BCUT2D eigenvalue weighted by Gasteiger charge is 2.33. The maximum Gasteiger partial charge on any atom is 0.323 e. The summed E-state index contributed by atoms with van der Waals surface area (Å²) in [5, 5.41) is 0. The fourth-order valence-electron chi connectivity index (χ4n) is 2.92. The summed E-state index contributed by atoms with van der Waals surface area (Å²) in [6, 6.07) is -0.246.